The van der Waals surface area contributed by atoms with Crippen LogP contribution in [0.5, 0.6) is 0 Å². The number of carbonyl (C=O) groups excluding carboxylic acids is 1. The van der Waals surface area contributed by atoms with E-state index in [0.717, 1.165) is 11.3 Å². The largest absolute Gasteiger partial charge is 0.354 e. The van der Waals surface area contributed by atoms with Crippen LogP contribution < -0.4 is 15.4 Å². The summed E-state index contributed by atoms with van der Waals surface area (Å²) >= 11 is 0. The Morgan fingerprint density at radius 1 is 1.04 bits per heavy atom. The van der Waals surface area contributed by atoms with Crippen molar-refractivity contribution in [3.63, 3.8) is 0 Å². The van der Waals surface area contributed by atoms with Crippen molar-refractivity contribution < 1.29 is 13.2 Å². The summed E-state index contributed by atoms with van der Waals surface area (Å²) in [6.07, 6.45) is 0. The number of para-hydroxylation sites is 1. The second-order valence-electron chi connectivity index (χ2n) is 5.72. The zero-order valence-electron chi connectivity index (χ0n) is 13.8. The highest BCUT2D eigenvalue weighted by molar-refractivity contribution is 7.90. The number of aryl methyl sites for hydroxylation is 1. The second-order valence-corrected chi connectivity index (χ2v) is 7.38. The highest BCUT2D eigenvalue weighted by atomic mass is 32.2. The third-order valence-electron chi connectivity index (χ3n) is 3.12. The van der Waals surface area contributed by atoms with Crippen LogP contribution in [0.3, 0.4) is 0 Å². The average Bonchev–Trinajstić information content (AvgIpc) is 2.46. The highest BCUT2D eigenvalue weighted by Gasteiger charge is 2.21. The molecule has 0 heterocycles. The van der Waals surface area contributed by atoms with Crippen LogP contribution in [-0.2, 0) is 10.0 Å². The van der Waals surface area contributed by atoms with E-state index in [0.29, 0.717) is 5.69 Å². The number of rotatable bonds is 5. The Balaban J connectivity index is 2.29. The van der Waals surface area contributed by atoms with Crippen LogP contribution in [0.15, 0.2) is 53.4 Å². The van der Waals surface area contributed by atoms with Crippen LogP contribution >= 0.6 is 0 Å². The molecule has 2 rings (SSSR count). The van der Waals surface area contributed by atoms with Crippen molar-refractivity contribution in [2.24, 2.45) is 0 Å². The second kappa shape index (κ2) is 7.35. The van der Waals surface area contributed by atoms with E-state index < -0.39 is 16.1 Å². The van der Waals surface area contributed by atoms with Crippen molar-refractivity contribution in [1.82, 2.24) is 10.0 Å². The van der Waals surface area contributed by atoms with Gasteiger partial charge in [0.15, 0.2) is 0 Å². The monoisotopic (exact) mass is 347 g/mol. The number of anilines is 2. The quantitative estimate of drug-likeness (QED) is 0.775. The zero-order chi connectivity index (χ0) is 17.7. The Kier molecular flexibility index (Phi) is 5.46. The molecule has 0 unspecified atom stereocenters. The fourth-order valence-corrected chi connectivity index (χ4v) is 3.23. The maximum absolute atomic E-state index is 12.5. The molecule has 0 aliphatic carbocycles. The third kappa shape index (κ3) is 4.73. The Morgan fingerprint density at radius 3 is 2.42 bits per heavy atom. The summed E-state index contributed by atoms with van der Waals surface area (Å²) in [4.78, 5) is 11.7. The van der Waals surface area contributed by atoms with E-state index in [-0.39, 0.29) is 10.9 Å². The van der Waals surface area contributed by atoms with E-state index in [1.165, 1.54) is 6.07 Å². The topological polar surface area (TPSA) is 87.3 Å². The molecule has 24 heavy (non-hydrogen) atoms. The first-order valence-electron chi connectivity index (χ1n) is 7.54. The summed E-state index contributed by atoms with van der Waals surface area (Å²) < 4.78 is 27.0. The van der Waals surface area contributed by atoms with Crippen molar-refractivity contribution in [2.75, 3.05) is 5.32 Å². The van der Waals surface area contributed by atoms with Gasteiger partial charge in [0.25, 0.3) is 10.0 Å². The average molecular weight is 347 g/mol. The summed E-state index contributed by atoms with van der Waals surface area (Å²) in [5.74, 6) is 0. The van der Waals surface area contributed by atoms with Gasteiger partial charge in [0, 0.05) is 11.7 Å². The predicted molar refractivity (Wildman–Crippen MR) is 94.9 cm³/mol. The van der Waals surface area contributed by atoms with Crippen LogP contribution in [0.4, 0.5) is 16.2 Å². The summed E-state index contributed by atoms with van der Waals surface area (Å²) in [5, 5.41) is 5.58. The number of sulfonamides is 1. The Morgan fingerprint density at radius 2 is 1.75 bits per heavy atom. The van der Waals surface area contributed by atoms with Gasteiger partial charge in [0.2, 0.25) is 0 Å². The molecule has 7 heteroatoms. The maximum Gasteiger partial charge on any atom is 0.328 e. The van der Waals surface area contributed by atoms with Crippen LogP contribution in [-0.4, -0.2) is 20.5 Å². The minimum absolute atomic E-state index is 0.00501. The smallest absolute Gasteiger partial charge is 0.328 e. The van der Waals surface area contributed by atoms with Gasteiger partial charge >= 0.3 is 6.03 Å². The molecule has 0 aliphatic rings. The summed E-state index contributed by atoms with van der Waals surface area (Å²) in [6, 6.07) is 13.1. The number of carbonyl (C=O) groups is 1. The van der Waals surface area contributed by atoms with Crippen LogP contribution in [0.1, 0.15) is 19.4 Å². The van der Waals surface area contributed by atoms with Gasteiger partial charge in [-0.25, -0.2) is 17.9 Å². The van der Waals surface area contributed by atoms with Crippen molar-refractivity contribution in [2.45, 2.75) is 31.7 Å². The molecule has 0 spiro atoms. The SMILES string of the molecule is Cc1cccc(Nc2ccccc2S(=O)(=O)NC(=O)NC(C)C)c1. The van der Waals surface area contributed by atoms with Gasteiger partial charge in [-0.2, -0.15) is 0 Å². The molecule has 2 aromatic rings. The minimum Gasteiger partial charge on any atom is -0.354 e. The van der Waals surface area contributed by atoms with E-state index in [1.807, 2.05) is 35.9 Å². The molecular formula is C17H21N3O3S. The highest BCUT2D eigenvalue weighted by Crippen LogP contribution is 2.25. The van der Waals surface area contributed by atoms with Crippen molar-refractivity contribution in [3.8, 4) is 0 Å². The van der Waals surface area contributed by atoms with Gasteiger partial charge < -0.3 is 10.6 Å². The van der Waals surface area contributed by atoms with Crippen LogP contribution in [0.25, 0.3) is 0 Å². The molecule has 0 radical (unpaired) electrons. The lowest BCUT2D eigenvalue weighted by molar-refractivity contribution is 0.243. The number of hydrogen-bond acceptors (Lipinski definition) is 4. The lowest BCUT2D eigenvalue weighted by Crippen LogP contribution is -2.42. The van der Waals surface area contributed by atoms with Crippen LogP contribution in [0, 0.1) is 6.92 Å². The summed E-state index contributed by atoms with van der Waals surface area (Å²) in [5.41, 5.74) is 2.21. The molecule has 0 saturated heterocycles. The van der Waals surface area contributed by atoms with E-state index in [2.05, 4.69) is 10.6 Å². The minimum atomic E-state index is -3.99. The molecule has 0 fully saturated rings. The van der Waals surface area contributed by atoms with E-state index in [1.54, 1.807) is 32.0 Å². The third-order valence-corrected chi connectivity index (χ3v) is 4.51. The molecule has 3 N–H and O–H groups in total. The number of urea groups is 1. The normalized spacial score (nSPS) is 11.2. The fourth-order valence-electron chi connectivity index (χ4n) is 2.15. The number of benzene rings is 2. The van der Waals surface area contributed by atoms with Crippen molar-refractivity contribution in [1.29, 1.82) is 0 Å². The first-order valence-corrected chi connectivity index (χ1v) is 9.02. The van der Waals surface area contributed by atoms with Crippen molar-refractivity contribution in [3.05, 3.63) is 54.1 Å². The number of nitrogens with one attached hydrogen (secondary N) is 3. The predicted octanol–water partition coefficient (Wildman–Crippen LogP) is 3.13. The van der Waals surface area contributed by atoms with E-state index in [9.17, 15) is 13.2 Å². The lowest BCUT2D eigenvalue weighted by Gasteiger charge is -2.14. The van der Waals surface area contributed by atoms with Gasteiger partial charge in [0.1, 0.15) is 4.90 Å². The van der Waals surface area contributed by atoms with Gasteiger partial charge in [-0.3, -0.25) is 0 Å². The molecular weight excluding hydrogens is 326 g/mol. The lowest BCUT2D eigenvalue weighted by atomic mass is 10.2. The van der Waals surface area contributed by atoms with Gasteiger partial charge in [-0.1, -0.05) is 24.3 Å². The van der Waals surface area contributed by atoms with E-state index >= 15 is 0 Å². The molecule has 0 aliphatic heterocycles. The molecule has 128 valence electrons. The summed E-state index contributed by atoms with van der Waals surface area (Å²) in [7, 11) is -3.99. The number of amides is 2. The molecule has 2 aromatic carbocycles. The Bertz CT molecular complexity index is 832. The first kappa shape index (κ1) is 17.8. The molecule has 0 saturated carbocycles. The standard InChI is InChI=1S/C17H21N3O3S/c1-12(2)18-17(21)20-24(22,23)16-10-5-4-9-15(16)19-14-8-6-7-13(3)11-14/h4-12,19H,1-3H3,(H2,18,20,21). The Labute approximate surface area is 142 Å². The maximum atomic E-state index is 12.5. The molecule has 2 amide bonds. The van der Waals surface area contributed by atoms with Crippen molar-refractivity contribution >= 4 is 27.4 Å². The fraction of sp³-hybridized carbons (Fsp3) is 0.235. The Hall–Kier alpha value is -2.54. The molecule has 0 atom stereocenters. The molecule has 0 bridgehead atoms. The zero-order valence-corrected chi connectivity index (χ0v) is 14.6. The molecule has 6 nitrogen and oxygen atoms in total. The van der Waals surface area contributed by atoms with Gasteiger partial charge in [0.05, 0.1) is 5.69 Å². The molecule has 0 aromatic heterocycles. The first-order chi connectivity index (χ1) is 11.3. The van der Waals surface area contributed by atoms with Gasteiger partial charge in [-0.15, -0.1) is 0 Å². The number of hydrogen-bond donors (Lipinski definition) is 3. The van der Waals surface area contributed by atoms with Gasteiger partial charge in [-0.05, 0) is 50.6 Å². The van der Waals surface area contributed by atoms with Crippen LogP contribution in [0.2, 0.25) is 0 Å². The summed E-state index contributed by atoms with van der Waals surface area (Å²) in [6.45, 7) is 5.45. The van der Waals surface area contributed by atoms with E-state index in [4.69, 9.17) is 0 Å².